The van der Waals surface area contributed by atoms with E-state index in [1.54, 1.807) is 34.6 Å². The number of nitrogens with zero attached hydrogens (tertiary/aromatic N) is 1. The summed E-state index contributed by atoms with van der Waals surface area (Å²) in [5.41, 5.74) is 8.02. The van der Waals surface area contributed by atoms with E-state index in [1.807, 2.05) is 62.4 Å². The van der Waals surface area contributed by atoms with E-state index in [9.17, 15) is 19.2 Å². The first-order valence-corrected chi connectivity index (χ1v) is 13.2. The average molecular weight is 539 g/mol. The second-order valence-corrected chi connectivity index (χ2v) is 11.1. The van der Waals surface area contributed by atoms with Crippen molar-refractivity contribution in [3.8, 4) is 0 Å². The Morgan fingerprint density at radius 2 is 1.56 bits per heavy atom. The van der Waals surface area contributed by atoms with Gasteiger partial charge in [0.1, 0.15) is 17.7 Å². The fourth-order valence-electron chi connectivity index (χ4n) is 4.34. The number of benzene rings is 2. The molecule has 2 atom stereocenters. The number of carbonyl (C=O) groups excluding carboxylic acids is 4. The number of alkyl carbamates (subject to hydrolysis) is 1. The molecule has 0 fully saturated rings. The Hall–Kier alpha value is -3.88. The minimum absolute atomic E-state index is 0.0399. The lowest BCUT2D eigenvalue weighted by Gasteiger charge is -2.37. The van der Waals surface area contributed by atoms with E-state index < -0.39 is 41.6 Å². The largest absolute Gasteiger partial charge is 0.444 e. The van der Waals surface area contributed by atoms with Crippen LogP contribution in [0.15, 0.2) is 48.5 Å². The lowest BCUT2D eigenvalue weighted by Crippen LogP contribution is -2.55. The van der Waals surface area contributed by atoms with Crippen LogP contribution in [0.2, 0.25) is 0 Å². The zero-order chi connectivity index (χ0) is 29.3. The first-order chi connectivity index (χ1) is 18.2. The first kappa shape index (κ1) is 31.3. The van der Waals surface area contributed by atoms with E-state index in [0.717, 1.165) is 16.7 Å². The molecule has 0 aliphatic rings. The lowest BCUT2D eigenvalue weighted by atomic mass is 9.96. The van der Waals surface area contributed by atoms with E-state index in [1.165, 1.54) is 4.90 Å². The maximum Gasteiger partial charge on any atom is 0.408 e. The van der Waals surface area contributed by atoms with Gasteiger partial charge in [-0.15, -0.1) is 0 Å². The van der Waals surface area contributed by atoms with Crippen molar-refractivity contribution in [3.05, 3.63) is 70.8 Å². The van der Waals surface area contributed by atoms with Crippen molar-refractivity contribution in [2.24, 2.45) is 5.73 Å². The molecule has 4 N–H and O–H groups in total. The maximum absolute atomic E-state index is 14.1. The minimum atomic E-state index is -1.13. The molecule has 212 valence electrons. The molecule has 0 saturated heterocycles. The topological polar surface area (TPSA) is 131 Å². The Balaban J connectivity index is 2.50. The summed E-state index contributed by atoms with van der Waals surface area (Å²) in [5.74, 6) is -1.49. The molecular formula is C30H42N4O5. The van der Waals surface area contributed by atoms with Crippen LogP contribution in [0, 0.1) is 13.8 Å². The van der Waals surface area contributed by atoms with Gasteiger partial charge in [-0.1, -0.05) is 59.7 Å². The quantitative estimate of drug-likeness (QED) is 0.397. The SMILES string of the molecule is Cc1cc(C)cc(C(C(=O)NCc2ccccc2)N(C(=O)C(CCC(N)=O)NC(=O)OC(C)(C)C)C(C)C)c1. The fourth-order valence-corrected chi connectivity index (χ4v) is 4.34. The molecule has 0 aliphatic heterocycles. The molecule has 0 bridgehead atoms. The van der Waals surface area contributed by atoms with Crippen molar-refractivity contribution in [1.29, 1.82) is 0 Å². The van der Waals surface area contributed by atoms with Crippen LogP contribution in [-0.4, -0.2) is 46.4 Å². The molecule has 0 heterocycles. The number of carbonyl (C=O) groups is 4. The van der Waals surface area contributed by atoms with Crippen molar-refractivity contribution in [3.63, 3.8) is 0 Å². The summed E-state index contributed by atoms with van der Waals surface area (Å²) < 4.78 is 5.36. The van der Waals surface area contributed by atoms with E-state index >= 15 is 0 Å². The molecule has 2 rings (SSSR count). The number of nitrogens with two attached hydrogens (primary N) is 1. The zero-order valence-electron chi connectivity index (χ0n) is 24.0. The van der Waals surface area contributed by atoms with E-state index in [-0.39, 0.29) is 25.3 Å². The highest BCUT2D eigenvalue weighted by molar-refractivity contribution is 5.92. The molecule has 9 heteroatoms. The normalized spacial score (nSPS) is 12.8. The molecule has 4 amide bonds. The summed E-state index contributed by atoms with van der Waals surface area (Å²) >= 11 is 0. The lowest BCUT2D eigenvalue weighted by molar-refractivity contribution is -0.144. The number of hydrogen-bond donors (Lipinski definition) is 3. The molecule has 0 spiro atoms. The van der Waals surface area contributed by atoms with Gasteiger partial charge in [-0.25, -0.2) is 4.79 Å². The van der Waals surface area contributed by atoms with Gasteiger partial charge in [0.05, 0.1) is 0 Å². The summed E-state index contributed by atoms with van der Waals surface area (Å²) in [4.78, 5) is 53.6. The monoisotopic (exact) mass is 538 g/mol. The van der Waals surface area contributed by atoms with Gasteiger partial charge in [-0.2, -0.15) is 0 Å². The van der Waals surface area contributed by atoms with Crippen molar-refractivity contribution in [2.75, 3.05) is 0 Å². The number of amides is 4. The van der Waals surface area contributed by atoms with Crippen molar-refractivity contribution >= 4 is 23.8 Å². The van der Waals surface area contributed by atoms with Crippen molar-refractivity contribution in [1.82, 2.24) is 15.5 Å². The third kappa shape index (κ3) is 10.1. The van der Waals surface area contributed by atoms with Crippen LogP contribution < -0.4 is 16.4 Å². The standard InChI is InChI=1S/C30H42N4O5/c1-19(2)34(28(37)24(13-14-25(31)35)33-29(38)39-30(5,6)7)26(23-16-20(3)15-21(4)17-23)27(36)32-18-22-11-9-8-10-12-22/h8-12,15-17,19,24,26H,13-14,18H2,1-7H3,(H2,31,35)(H,32,36)(H,33,38). The smallest absolute Gasteiger partial charge is 0.408 e. The van der Waals surface area contributed by atoms with Crippen molar-refractivity contribution < 1.29 is 23.9 Å². The van der Waals surface area contributed by atoms with Crippen LogP contribution in [0.5, 0.6) is 0 Å². The molecular weight excluding hydrogens is 496 g/mol. The third-order valence-corrected chi connectivity index (χ3v) is 5.88. The van der Waals surface area contributed by atoms with Crippen LogP contribution >= 0.6 is 0 Å². The first-order valence-electron chi connectivity index (χ1n) is 13.2. The summed E-state index contributed by atoms with van der Waals surface area (Å²) in [5, 5.41) is 5.57. The van der Waals surface area contributed by atoms with E-state index in [0.29, 0.717) is 5.56 Å². The summed E-state index contributed by atoms with van der Waals surface area (Å²) in [6, 6.07) is 12.7. The summed E-state index contributed by atoms with van der Waals surface area (Å²) in [6.45, 7) is 12.9. The second kappa shape index (κ2) is 13.8. The van der Waals surface area contributed by atoms with Crippen LogP contribution in [0.3, 0.4) is 0 Å². The molecule has 2 unspecified atom stereocenters. The Kier molecular flexibility index (Phi) is 11.1. The molecule has 9 nitrogen and oxygen atoms in total. The predicted octanol–water partition coefficient (Wildman–Crippen LogP) is 4.06. The zero-order valence-corrected chi connectivity index (χ0v) is 24.0. The molecule has 0 saturated carbocycles. The highest BCUT2D eigenvalue weighted by atomic mass is 16.6. The molecule has 2 aromatic carbocycles. The number of nitrogens with one attached hydrogen (secondary N) is 2. The summed E-state index contributed by atoms with van der Waals surface area (Å²) in [6.07, 6.45) is -0.973. The predicted molar refractivity (Wildman–Crippen MR) is 151 cm³/mol. The number of primary amides is 1. The van der Waals surface area contributed by atoms with Crippen molar-refractivity contribution in [2.45, 2.75) is 91.6 Å². The number of hydrogen-bond acceptors (Lipinski definition) is 5. The number of aryl methyl sites for hydroxylation is 2. The van der Waals surface area contributed by atoms with Gasteiger partial charge in [0, 0.05) is 19.0 Å². The van der Waals surface area contributed by atoms with Crippen LogP contribution in [0.4, 0.5) is 4.79 Å². The van der Waals surface area contributed by atoms with Gasteiger partial charge in [0.2, 0.25) is 17.7 Å². The van der Waals surface area contributed by atoms with Gasteiger partial charge >= 0.3 is 6.09 Å². The second-order valence-electron chi connectivity index (χ2n) is 11.1. The Morgan fingerprint density at radius 1 is 0.974 bits per heavy atom. The molecule has 39 heavy (non-hydrogen) atoms. The Bertz CT molecular complexity index is 1140. The fraction of sp³-hybridized carbons (Fsp3) is 0.467. The summed E-state index contributed by atoms with van der Waals surface area (Å²) in [7, 11) is 0. The molecule has 0 radical (unpaired) electrons. The maximum atomic E-state index is 14.1. The van der Waals surface area contributed by atoms with Gasteiger partial charge in [-0.05, 0) is 66.0 Å². The van der Waals surface area contributed by atoms with Gasteiger partial charge in [0.15, 0.2) is 0 Å². The average Bonchev–Trinajstić information content (AvgIpc) is 2.81. The number of ether oxygens (including phenoxy) is 1. The van der Waals surface area contributed by atoms with E-state index in [2.05, 4.69) is 10.6 Å². The molecule has 0 aliphatic carbocycles. The van der Waals surface area contributed by atoms with Gasteiger partial charge in [0.25, 0.3) is 0 Å². The molecule has 2 aromatic rings. The Morgan fingerprint density at radius 3 is 2.08 bits per heavy atom. The third-order valence-electron chi connectivity index (χ3n) is 5.88. The Labute approximate surface area is 231 Å². The highest BCUT2D eigenvalue weighted by Crippen LogP contribution is 2.27. The van der Waals surface area contributed by atoms with Crippen LogP contribution in [0.1, 0.15) is 75.8 Å². The van der Waals surface area contributed by atoms with Crippen LogP contribution in [-0.2, 0) is 25.7 Å². The number of rotatable bonds is 11. The van der Waals surface area contributed by atoms with E-state index in [4.69, 9.17) is 10.5 Å². The van der Waals surface area contributed by atoms with Crippen LogP contribution in [0.25, 0.3) is 0 Å². The highest BCUT2D eigenvalue weighted by Gasteiger charge is 2.38. The molecule has 0 aromatic heterocycles. The minimum Gasteiger partial charge on any atom is -0.444 e. The van der Waals surface area contributed by atoms with Gasteiger partial charge < -0.3 is 26.0 Å². The van der Waals surface area contributed by atoms with Gasteiger partial charge in [-0.3, -0.25) is 14.4 Å².